The second-order valence-corrected chi connectivity index (χ2v) is 3.60. The van der Waals surface area contributed by atoms with Gasteiger partial charge in [-0.1, -0.05) is 15.9 Å². The number of benzene rings is 1. The van der Waals surface area contributed by atoms with Gasteiger partial charge in [0, 0.05) is 16.7 Å². The third-order valence-electron chi connectivity index (χ3n) is 1.70. The van der Waals surface area contributed by atoms with Gasteiger partial charge >= 0.3 is 6.18 Å². The fourth-order valence-electron chi connectivity index (χ4n) is 1.10. The van der Waals surface area contributed by atoms with Gasteiger partial charge in [-0.2, -0.15) is 13.2 Å². The molecule has 0 aromatic heterocycles. The quantitative estimate of drug-likeness (QED) is 0.769. The van der Waals surface area contributed by atoms with Crippen LogP contribution in [0.4, 0.5) is 18.9 Å². The van der Waals surface area contributed by atoms with Gasteiger partial charge in [-0.25, -0.2) is 0 Å². The van der Waals surface area contributed by atoms with Crippen LogP contribution in [0, 0.1) is 0 Å². The Hall–Kier alpha value is -0.750. The molecule has 0 saturated carbocycles. The summed E-state index contributed by atoms with van der Waals surface area (Å²) in [5.41, 5.74) is 9.96. The number of hydrogen-bond acceptors (Lipinski definition) is 2. The molecule has 0 aliphatic carbocycles. The van der Waals surface area contributed by atoms with Gasteiger partial charge in [-0.15, -0.1) is 0 Å². The summed E-state index contributed by atoms with van der Waals surface area (Å²) in [6.07, 6.45) is -4.45. The highest BCUT2D eigenvalue weighted by Crippen LogP contribution is 2.39. The highest BCUT2D eigenvalue weighted by Gasteiger charge is 2.35. The molecular formula is C8H8BrF3N2. The molecule has 2 nitrogen and oxygen atoms in total. The molecule has 6 heteroatoms. The Labute approximate surface area is 87.2 Å². The van der Waals surface area contributed by atoms with Crippen molar-refractivity contribution < 1.29 is 13.2 Å². The summed E-state index contributed by atoms with van der Waals surface area (Å²) in [6, 6.07) is 2.55. The van der Waals surface area contributed by atoms with Crippen LogP contribution in [0.2, 0.25) is 0 Å². The molecule has 0 fully saturated rings. The topological polar surface area (TPSA) is 52.0 Å². The van der Waals surface area contributed by atoms with Gasteiger partial charge in [0.1, 0.15) is 0 Å². The van der Waals surface area contributed by atoms with Crippen LogP contribution in [0.15, 0.2) is 16.6 Å². The van der Waals surface area contributed by atoms with Gasteiger partial charge in [0.05, 0.1) is 5.56 Å². The van der Waals surface area contributed by atoms with Gasteiger partial charge in [-0.05, 0) is 17.7 Å². The smallest absolute Gasteiger partial charge is 0.398 e. The highest BCUT2D eigenvalue weighted by molar-refractivity contribution is 9.10. The second kappa shape index (κ2) is 3.78. The fraction of sp³-hybridized carbons (Fsp3) is 0.250. The first kappa shape index (κ1) is 11.3. The van der Waals surface area contributed by atoms with Crippen LogP contribution in [-0.2, 0) is 12.7 Å². The maximum absolute atomic E-state index is 12.4. The SMILES string of the molecule is NCc1cc(N)c(C(F)(F)F)c(Br)c1. The van der Waals surface area contributed by atoms with Crippen molar-refractivity contribution in [3.63, 3.8) is 0 Å². The summed E-state index contributed by atoms with van der Waals surface area (Å²) in [5.74, 6) is 0. The van der Waals surface area contributed by atoms with Crippen LogP contribution in [0.5, 0.6) is 0 Å². The molecule has 0 aliphatic rings. The van der Waals surface area contributed by atoms with Gasteiger partial charge in [-0.3, -0.25) is 0 Å². The minimum Gasteiger partial charge on any atom is -0.398 e. The average Bonchev–Trinajstić information content (AvgIpc) is 1.99. The predicted molar refractivity (Wildman–Crippen MR) is 51.4 cm³/mol. The third-order valence-corrected chi connectivity index (χ3v) is 2.33. The van der Waals surface area contributed by atoms with Gasteiger partial charge in [0.2, 0.25) is 0 Å². The van der Waals surface area contributed by atoms with E-state index >= 15 is 0 Å². The molecule has 0 aliphatic heterocycles. The number of halogens is 4. The molecule has 0 radical (unpaired) electrons. The monoisotopic (exact) mass is 268 g/mol. The third kappa shape index (κ3) is 2.19. The van der Waals surface area contributed by atoms with E-state index in [1.54, 1.807) is 0 Å². The zero-order chi connectivity index (χ0) is 10.9. The van der Waals surface area contributed by atoms with E-state index < -0.39 is 11.7 Å². The van der Waals surface area contributed by atoms with Crippen molar-refractivity contribution in [3.8, 4) is 0 Å². The first-order valence-corrected chi connectivity index (χ1v) is 4.50. The van der Waals surface area contributed by atoms with Crippen molar-refractivity contribution in [1.29, 1.82) is 0 Å². The van der Waals surface area contributed by atoms with Crippen LogP contribution in [0.25, 0.3) is 0 Å². The van der Waals surface area contributed by atoms with Crippen molar-refractivity contribution >= 4 is 21.6 Å². The molecule has 0 atom stereocenters. The number of anilines is 1. The van der Waals surface area contributed by atoms with Crippen LogP contribution in [-0.4, -0.2) is 0 Å². The van der Waals surface area contributed by atoms with E-state index in [1.807, 2.05) is 0 Å². The Bertz CT molecular complexity index is 326. The molecule has 0 bridgehead atoms. The second-order valence-electron chi connectivity index (χ2n) is 2.74. The molecule has 14 heavy (non-hydrogen) atoms. The minimum atomic E-state index is -4.45. The van der Waals surface area contributed by atoms with E-state index in [1.165, 1.54) is 12.1 Å². The number of rotatable bonds is 1. The molecule has 0 spiro atoms. The molecule has 78 valence electrons. The molecule has 0 unspecified atom stereocenters. The van der Waals surface area contributed by atoms with Crippen LogP contribution < -0.4 is 11.5 Å². The Morgan fingerprint density at radius 1 is 1.29 bits per heavy atom. The largest absolute Gasteiger partial charge is 0.419 e. The number of hydrogen-bond donors (Lipinski definition) is 2. The van der Waals surface area contributed by atoms with E-state index in [-0.39, 0.29) is 16.7 Å². The fourth-order valence-corrected chi connectivity index (χ4v) is 1.85. The van der Waals surface area contributed by atoms with Gasteiger partial charge in [0.15, 0.2) is 0 Å². The summed E-state index contributed by atoms with van der Waals surface area (Å²) in [6.45, 7) is 0.154. The zero-order valence-electron chi connectivity index (χ0n) is 7.03. The zero-order valence-corrected chi connectivity index (χ0v) is 8.61. The Morgan fingerprint density at radius 2 is 1.86 bits per heavy atom. The van der Waals surface area contributed by atoms with Crippen molar-refractivity contribution in [1.82, 2.24) is 0 Å². The lowest BCUT2D eigenvalue weighted by molar-refractivity contribution is -0.137. The summed E-state index contributed by atoms with van der Waals surface area (Å²) >= 11 is 2.82. The maximum Gasteiger partial charge on any atom is 0.419 e. The van der Waals surface area contributed by atoms with E-state index in [9.17, 15) is 13.2 Å². The molecule has 1 aromatic rings. The maximum atomic E-state index is 12.4. The van der Waals surface area contributed by atoms with Crippen molar-refractivity contribution in [2.24, 2.45) is 5.73 Å². The van der Waals surface area contributed by atoms with Crippen LogP contribution in [0.1, 0.15) is 11.1 Å². The summed E-state index contributed by atoms with van der Waals surface area (Å²) in [5, 5.41) is 0. The normalized spacial score (nSPS) is 11.8. The molecule has 1 aromatic carbocycles. The van der Waals surface area contributed by atoms with E-state index in [4.69, 9.17) is 11.5 Å². The molecule has 1 rings (SSSR count). The number of alkyl halides is 3. The number of nitrogens with two attached hydrogens (primary N) is 2. The van der Waals surface area contributed by atoms with Crippen molar-refractivity contribution in [3.05, 3.63) is 27.7 Å². The van der Waals surface area contributed by atoms with E-state index in [0.29, 0.717) is 5.56 Å². The summed E-state index contributed by atoms with van der Waals surface area (Å²) in [7, 11) is 0. The predicted octanol–water partition coefficient (Wildman–Crippen LogP) is 2.51. The van der Waals surface area contributed by atoms with E-state index in [2.05, 4.69) is 15.9 Å². The summed E-state index contributed by atoms with van der Waals surface area (Å²) in [4.78, 5) is 0. The van der Waals surface area contributed by atoms with Gasteiger partial charge < -0.3 is 11.5 Å². The van der Waals surface area contributed by atoms with Gasteiger partial charge in [0.25, 0.3) is 0 Å². The Balaban J connectivity index is 3.33. The average molecular weight is 269 g/mol. The van der Waals surface area contributed by atoms with Crippen LogP contribution in [0.3, 0.4) is 0 Å². The number of nitrogen functional groups attached to an aromatic ring is 1. The minimum absolute atomic E-state index is 0.0783. The first-order chi connectivity index (χ1) is 6.36. The highest BCUT2D eigenvalue weighted by atomic mass is 79.9. The van der Waals surface area contributed by atoms with Crippen LogP contribution >= 0.6 is 15.9 Å². The lowest BCUT2D eigenvalue weighted by atomic mass is 10.1. The molecule has 0 amide bonds. The van der Waals surface area contributed by atoms with Crippen molar-refractivity contribution in [2.75, 3.05) is 5.73 Å². The molecule has 4 N–H and O–H groups in total. The van der Waals surface area contributed by atoms with E-state index in [0.717, 1.165) is 0 Å². The van der Waals surface area contributed by atoms with Crippen molar-refractivity contribution in [2.45, 2.75) is 12.7 Å². The molecular weight excluding hydrogens is 261 g/mol. The Morgan fingerprint density at radius 3 is 2.21 bits per heavy atom. The standard InChI is InChI=1S/C8H8BrF3N2/c9-5-1-4(3-13)2-6(14)7(5)8(10,11)12/h1-2H,3,13-14H2. The molecule has 0 saturated heterocycles. The molecule has 0 heterocycles. The summed E-state index contributed by atoms with van der Waals surface area (Å²) < 4.78 is 37.1. The lowest BCUT2D eigenvalue weighted by Gasteiger charge is -2.13. The Kier molecular flexibility index (Phi) is 3.06. The lowest BCUT2D eigenvalue weighted by Crippen LogP contribution is -2.11. The first-order valence-electron chi connectivity index (χ1n) is 3.71.